The van der Waals surface area contributed by atoms with E-state index in [1.807, 2.05) is 0 Å². The fourth-order valence-electron chi connectivity index (χ4n) is 2.48. The van der Waals surface area contributed by atoms with Crippen LogP contribution in [0.5, 0.6) is 0 Å². The van der Waals surface area contributed by atoms with Gasteiger partial charge in [0, 0.05) is 18.2 Å². The van der Waals surface area contributed by atoms with Gasteiger partial charge in [0.1, 0.15) is 11.6 Å². The molecule has 1 saturated heterocycles. The van der Waals surface area contributed by atoms with Crippen molar-refractivity contribution in [3.05, 3.63) is 35.4 Å². The van der Waals surface area contributed by atoms with Crippen molar-refractivity contribution in [3.63, 3.8) is 0 Å². The van der Waals surface area contributed by atoms with Crippen LogP contribution in [0.25, 0.3) is 0 Å². The van der Waals surface area contributed by atoms with Gasteiger partial charge in [0.25, 0.3) is 0 Å². The summed E-state index contributed by atoms with van der Waals surface area (Å²) in [6.07, 6.45) is 4.95. The molecule has 4 heteroatoms. The minimum atomic E-state index is -0.521. The molecule has 1 heterocycles. The van der Waals surface area contributed by atoms with E-state index < -0.39 is 11.6 Å². The number of hydrogen-bond acceptors (Lipinski definition) is 2. The van der Waals surface area contributed by atoms with E-state index in [1.54, 1.807) is 0 Å². The Morgan fingerprint density at radius 1 is 1.11 bits per heavy atom. The highest BCUT2D eigenvalue weighted by molar-refractivity contribution is 5.18. The predicted octanol–water partition coefficient (Wildman–Crippen LogP) is 2.93. The Hall–Kier alpha value is -1.00. The Morgan fingerprint density at radius 3 is 2.63 bits per heavy atom. The van der Waals surface area contributed by atoms with Crippen molar-refractivity contribution in [2.75, 3.05) is 26.2 Å². The van der Waals surface area contributed by atoms with Gasteiger partial charge in [0.15, 0.2) is 0 Å². The van der Waals surface area contributed by atoms with E-state index >= 15 is 0 Å². The molecule has 0 saturated carbocycles. The first-order valence-electron chi connectivity index (χ1n) is 7.13. The molecule has 0 spiro atoms. The number of rotatable bonds is 7. The van der Waals surface area contributed by atoms with Gasteiger partial charge in [-0.1, -0.05) is 6.07 Å². The zero-order chi connectivity index (χ0) is 13.5. The summed E-state index contributed by atoms with van der Waals surface area (Å²) in [5.74, 6) is -0.989. The minimum absolute atomic E-state index is 0.468. The first-order chi connectivity index (χ1) is 9.25. The van der Waals surface area contributed by atoms with Crippen molar-refractivity contribution < 1.29 is 8.78 Å². The quantitative estimate of drug-likeness (QED) is 0.765. The topological polar surface area (TPSA) is 15.3 Å². The molecule has 2 rings (SSSR count). The summed E-state index contributed by atoms with van der Waals surface area (Å²) in [4.78, 5) is 2.50. The lowest BCUT2D eigenvalue weighted by Crippen LogP contribution is -2.22. The van der Waals surface area contributed by atoms with E-state index in [4.69, 9.17) is 0 Å². The normalized spacial score (nSPS) is 16.1. The van der Waals surface area contributed by atoms with Crippen LogP contribution in [-0.4, -0.2) is 31.1 Å². The van der Waals surface area contributed by atoms with Gasteiger partial charge in [-0.25, -0.2) is 8.78 Å². The molecule has 1 aromatic rings. The molecule has 1 N–H and O–H groups in total. The largest absolute Gasteiger partial charge is 0.313 e. The average Bonchev–Trinajstić information content (AvgIpc) is 2.89. The first-order valence-corrected chi connectivity index (χ1v) is 7.13. The van der Waals surface area contributed by atoms with Crippen LogP contribution in [-0.2, 0) is 6.54 Å². The zero-order valence-corrected chi connectivity index (χ0v) is 11.3. The maximum Gasteiger partial charge on any atom is 0.130 e. The van der Waals surface area contributed by atoms with Crippen molar-refractivity contribution in [2.45, 2.75) is 32.2 Å². The van der Waals surface area contributed by atoms with Crippen LogP contribution < -0.4 is 5.32 Å². The van der Waals surface area contributed by atoms with Gasteiger partial charge in [-0.2, -0.15) is 0 Å². The third-order valence-corrected chi connectivity index (χ3v) is 3.61. The molecule has 0 aromatic heterocycles. The van der Waals surface area contributed by atoms with Gasteiger partial charge in [0.05, 0.1) is 0 Å². The molecule has 0 radical (unpaired) electrons. The van der Waals surface area contributed by atoms with Crippen molar-refractivity contribution in [1.82, 2.24) is 10.2 Å². The van der Waals surface area contributed by atoms with Crippen LogP contribution in [0.4, 0.5) is 8.78 Å². The van der Waals surface area contributed by atoms with Crippen LogP contribution in [0.2, 0.25) is 0 Å². The van der Waals surface area contributed by atoms with Crippen LogP contribution in [0.1, 0.15) is 31.2 Å². The SMILES string of the molecule is Fc1ccc(CNCCCCN2CCCC2)c(F)c1. The second-order valence-electron chi connectivity index (χ2n) is 5.17. The van der Waals surface area contributed by atoms with Crippen molar-refractivity contribution in [1.29, 1.82) is 0 Å². The van der Waals surface area contributed by atoms with Gasteiger partial charge < -0.3 is 10.2 Å². The highest BCUT2D eigenvalue weighted by Gasteiger charge is 2.10. The number of likely N-dealkylation sites (tertiary alicyclic amines) is 1. The Balaban J connectivity index is 1.56. The molecule has 0 amide bonds. The van der Waals surface area contributed by atoms with Gasteiger partial charge in [0.2, 0.25) is 0 Å². The summed E-state index contributed by atoms with van der Waals surface area (Å²) in [7, 11) is 0. The Kier molecular flexibility index (Phi) is 5.73. The van der Waals surface area contributed by atoms with Crippen LogP contribution in [0.3, 0.4) is 0 Å². The molecule has 0 bridgehead atoms. The van der Waals surface area contributed by atoms with E-state index in [9.17, 15) is 8.78 Å². The smallest absolute Gasteiger partial charge is 0.130 e. The summed E-state index contributed by atoms with van der Waals surface area (Å²) >= 11 is 0. The lowest BCUT2D eigenvalue weighted by molar-refractivity contribution is 0.329. The molecule has 1 aromatic carbocycles. The summed E-state index contributed by atoms with van der Waals surface area (Å²) in [6, 6.07) is 3.74. The average molecular weight is 268 g/mol. The van der Waals surface area contributed by atoms with E-state index in [-0.39, 0.29) is 0 Å². The van der Waals surface area contributed by atoms with Crippen molar-refractivity contribution in [2.24, 2.45) is 0 Å². The minimum Gasteiger partial charge on any atom is -0.313 e. The molecule has 2 nitrogen and oxygen atoms in total. The number of benzene rings is 1. The lowest BCUT2D eigenvalue weighted by atomic mass is 10.2. The van der Waals surface area contributed by atoms with Crippen molar-refractivity contribution in [3.8, 4) is 0 Å². The van der Waals surface area contributed by atoms with Crippen LogP contribution in [0, 0.1) is 11.6 Å². The molecule has 1 aliphatic rings. The summed E-state index contributed by atoms with van der Waals surface area (Å²) in [6.45, 7) is 5.01. The van der Waals surface area contributed by atoms with Crippen LogP contribution in [0.15, 0.2) is 18.2 Å². The summed E-state index contributed by atoms with van der Waals surface area (Å²) in [5, 5.41) is 3.21. The highest BCUT2D eigenvalue weighted by Crippen LogP contribution is 2.10. The van der Waals surface area contributed by atoms with E-state index in [0.717, 1.165) is 19.0 Å². The Morgan fingerprint density at radius 2 is 1.89 bits per heavy atom. The standard InChI is InChI=1S/C15H22F2N2/c16-14-6-5-13(15(17)11-14)12-18-7-1-2-8-19-9-3-4-10-19/h5-6,11,18H,1-4,7-10,12H2. The zero-order valence-electron chi connectivity index (χ0n) is 11.3. The second kappa shape index (κ2) is 7.56. The Labute approximate surface area is 113 Å². The molecule has 0 unspecified atom stereocenters. The molecule has 0 aliphatic carbocycles. The molecule has 19 heavy (non-hydrogen) atoms. The third kappa shape index (κ3) is 4.88. The van der Waals surface area contributed by atoms with Gasteiger partial charge in [-0.3, -0.25) is 0 Å². The molecular weight excluding hydrogens is 246 g/mol. The second-order valence-corrected chi connectivity index (χ2v) is 5.17. The van der Waals surface area contributed by atoms with Gasteiger partial charge in [-0.05, 0) is 57.9 Å². The fraction of sp³-hybridized carbons (Fsp3) is 0.600. The molecule has 1 fully saturated rings. The predicted molar refractivity (Wildman–Crippen MR) is 73.0 cm³/mol. The third-order valence-electron chi connectivity index (χ3n) is 3.61. The van der Waals surface area contributed by atoms with E-state index in [2.05, 4.69) is 10.2 Å². The van der Waals surface area contributed by atoms with Gasteiger partial charge in [-0.15, -0.1) is 0 Å². The summed E-state index contributed by atoms with van der Waals surface area (Å²) < 4.78 is 26.1. The van der Waals surface area contributed by atoms with Gasteiger partial charge >= 0.3 is 0 Å². The number of unbranched alkanes of at least 4 members (excludes halogenated alkanes) is 1. The lowest BCUT2D eigenvalue weighted by Gasteiger charge is -2.14. The number of nitrogens with zero attached hydrogens (tertiary/aromatic N) is 1. The molecular formula is C15H22F2N2. The molecule has 1 aliphatic heterocycles. The van der Waals surface area contributed by atoms with Crippen LogP contribution >= 0.6 is 0 Å². The Bertz CT molecular complexity index is 390. The maximum atomic E-state index is 13.3. The monoisotopic (exact) mass is 268 g/mol. The molecule has 0 atom stereocenters. The summed E-state index contributed by atoms with van der Waals surface area (Å²) in [5.41, 5.74) is 0.529. The number of hydrogen-bond donors (Lipinski definition) is 1. The highest BCUT2D eigenvalue weighted by atomic mass is 19.1. The first kappa shape index (κ1) is 14.4. The van der Waals surface area contributed by atoms with E-state index in [0.29, 0.717) is 12.1 Å². The number of halogens is 2. The van der Waals surface area contributed by atoms with Crippen molar-refractivity contribution >= 4 is 0 Å². The molecule has 106 valence electrons. The van der Waals surface area contributed by atoms with E-state index in [1.165, 1.54) is 51.0 Å². The number of nitrogens with one attached hydrogen (secondary N) is 1. The maximum absolute atomic E-state index is 13.3. The fourth-order valence-corrected chi connectivity index (χ4v) is 2.48.